The van der Waals surface area contributed by atoms with Crippen LogP contribution in [-0.2, 0) is 16.1 Å². The Morgan fingerprint density at radius 3 is 2.68 bits per heavy atom. The molecule has 2 amide bonds. The van der Waals surface area contributed by atoms with Gasteiger partial charge in [-0.25, -0.2) is 4.68 Å². The number of hydrogen-bond donors (Lipinski definition) is 1. The van der Waals surface area contributed by atoms with Crippen molar-refractivity contribution in [2.45, 2.75) is 26.8 Å². The smallest absolute Gasteiger partial charge is 0.246 e. The number of aryl methyl sites for hydroxylation is 1. The fourth-order valence-corrected chi connectivity index (χ4v) is 3.11. The molecule has 0 spiro atoms. The van der Waals surface area contributed by atoms with Crippen LogP contribution in [-0.4, -0.2) is 46.6 Å². The average Bonchev–Trinajstić information content (AvgIpc) is 2.91. The number of carbonyl (C=O) groups excluding carboxylic acids is 2. The number of amides is 2. The predicted octanol–water partition coefficient (Wildman–Crippen LogP) is 3.54. The van der Waals surface area contributed by atoms with Crippen LogP contribution < -0.4 is 5.32 Å². The van der Waals surface area contributed by atoms with Crippen molar-refractivity contribution in [1.82, 2.24) is 20.0 Å². The highest BCUT2D eigenvalue weighted by molar-refractivity contribution is 6.32. The number of halogens is 2. The first-order valence-electron chi connectivity index (χ1n) is 8.93. The highest BCUT2D eigenvalue weighted by Gasteiger charge is 2.13. The van der Waals surface area contributed by atoms with E-state index < -0.39 is 0 Å². The standard InChI is InChI=1S/C20H24Cl2N4O2/c1-14-17(9-10-19(28)25(3)12-6-11-23-15(2)27)20(22)26(24-14)13-16-7-4-5-8-18(16)21/h4-5,7-10H,6,11-13H2,1-3H3,(H,23,27). The molecular formula is C20H24Cl2N4O2. The summed E-state index contributed by atoms with van der Waals surface area (Å²) < 4.78 is 1.67. The Labute approximate surface area is 175 Å². The quantitative estimate of drug-likeness (QED) is 0.522. The first-order chi connectivity index (χ1) is 13.3. The second-order valence-corrected chi connectivity index (χ2v) is 7.23. The van der Waals surface area contributed by atoms with Crippen molar-refractivity contribution in [2.24, 2.45) is 0 Å². The molecule has 1 aromatic heterocycles. The fraction of sp³-hybridized carbons (Fsp3) is 0.350. The zero-order chi connectivity index (χ0) is 20.7. The molecule has 1 aromatic carbocycles. The average molecular weight is 423 g/mol. The lowest BCUT2D eigenvalue weighted by atomic mass is 10.2. The second kappa shape index (κ2) is 10.3. The molecule has 2 aromatic rings. The molecule has 0 aliphatic carbocycles. The molecule has 150 valence electrons. The van der Waals surface area contributed by atoms with Crippen LogP contribution in [0.5, 0.6) is 0 Å². The molecule has 0 bridgehead atoms. The summed E-state index contributed by atoms with van der Waals surface area (Å²) in [5.74, 6) is -0.218. The van der Waals surface area contributed by atoms with Gasteiger partial charge in [-0.15, -0.1) is 0 Å². The Morgan fingerprint density at radius 2 is 2.00 bits per heavy atom. The molecule has 0 aliphatic rings. The molecule has 2 rings (SSSR count). The number of rotatable bonds is 8. The Balaban J connectivity index is 2.01. The monoisotopic (exact) mass is 422 g/mol. The number of hydrogen-bond acceptors (Lipinski definition) is 3. The largest absolute Gasteiger partial charge is 0.356 e. The Bertz CT molecular complexity index is 877. The van der Waals surface area contributed by atoms with E-state index in [1.165, 1.54) is 13.0 Å². The van der Waals surface area contributed by atoms with E-state index >= 15 is 0 Å². The van der Waals surface area contributed by atoms with Crippen LogP contribution in [0.15, 0.2) is 30.3 Å². The first-order valence-corrected chi connectivity index (χ1v) is 9.69. The summed E-state index contributed by atoms with van der Waals surface area (Å²) in [7, 11) is 1.72. The van der Waals surface area contributed by atoms with E-state index in [1.54, 1.807) is 22.7 Å². The SMILES string of the molecule is CC(=O)NCCCN(C)C(=O)C=Cc1c(C)nn(Cc2ccccc2Cl)c1Cl. The Hall–Kier alpha value is -2.31. The zero-order valence-corrected chi connectivity index (χ0v) is 17.7. The van der Waals surface area contributed by atoms with Gasteiger partial charge in [0.1, 0.15) is 5.15 Å². The van der Waals surface area contributed by atoms with Crippen LogP contribution in [0.2, 0.25) is 10.2 Å². The molecule has 0 saturated heterocycles. The van der Waals surface area contributed by atoms with Crippen LogP contribution in [0.25, 0.3) is 6.08 Å². The Kier molecular flexibility index (Phi) is 8.08. The van der Waals surface area contributed by atoms with Crippen molar-refractivity contribution >= 4 is 41.1 Å². The number of likely N-dealkylation sites (N-methyl/N-ethyl adjacent to an activating group) is 1. The van der Waals surface area contributed by atoms with E-state index in [1.807, 2.05) is 31.2 Å². The van der Waals surface area contributed by atoms with E-state index in [4.69, 9.17) is 23.2 Å². The van der Waals surface area contributed by atoms with Crippen molar-refractivity contribution in [1.29, 1.82) is 0 Å². The summed E-state index contributed by atoms with van der Waals surface area (Å²) in [6.45, 7) is 4.84. The van der Waals surface area contributed by atoms with Crippen molar-refractivity contribution in [2.75, 3.05) is 20.1 Å². The van der Waals surface area contributed by atoms with Gasteiger partial charge >= 0.3 is 0 Å². The van der Waals surface area contributed by atoms with Crippen molar-refractivity contribution in [3.05, 3.63) is 57.3 Å². The maximum atomic E-state index is 12.3. The zero-order valence-electron chi connectivity index (χ0n) is 16.2. The van der Waals surface area contributed by atoms with Crippen molar-refractivity contribution in [3.8, 4) is 0 Å². The van der Waals surface area contributed by atoms with Gasteiger partial charge < -0.3 is 10.2 Å². The van der Waals surface area contributed by atoms with Gasteiger partial charge in [-0.05, 0) is 31.1 Å². The van der Waals surface area contributed by atoms with E-state index in [2.05, 4.69) is 10.4 Å². The third-order valence-electron chi connectivity index (χ3n) is 4.20. The molecule has 0 saturated carbocycles. The van der Waals surface area contributed by atoms with E-state index in [0.717, 1.165) is 11.3 Å². The van der Waals surface area contributed by atoms with Crippen LogP contribution in [0.1, 0.15) is 30.2 Å². The number of aromatic nitrogens is 2. The lowest BCUT2D eigenvalue weighted by Gasteiger charge is -2.14. The molecule has 0 radical (unpaired) electrons. The van der Waals surface area contributed by atoms with E-state index in [-0.39, 0.29) is 11.8 Å². The summed E-state index contributed by atoms with van der Waals surface area (Å²) in [6.07, 6.45) is 3.85. The van der Waals surface area contributed by atoms with Crippen molar-refractivity contribution in [3.63, 3.8) is 0 Å². The van der Waals surface area contributed by atoms with Gasteiger partial charge in [-0.1, -0.05) is 41.4 Å². The third kappa shape index (κ3) is 6.11. The minimum Gasteiger partial charge on any atom is -0.356 e. The summed E-state index contributed by atoms with van der Waals surface area (Å²) in [4.78, 5) is 24.7. The topological polar surface area (TPSA) is 67.2 Å². The van der Waals surface area contributed by atoms with Gasteiger partial charge in [0.15, 0.2) is 0 Å². The van der Waals surface area contributed by atoms with Crippen LogP contribution in [0, 0.1) is 6.92 Å². The highest BCUT2D eigenvalue weighted by atomic mass is 35.5. The number of nitrogens with one attached hydrogen (secondary N) is 1. The van der Waals surface area contributed by atoms with E-state index in [9.17, 15) is 9.59 Å². The van der Waals surface area contributed by atoms with Gasteiger partial charge in [0.05, 0.1) is 12.2 Å². The molecule has 0 atom stereocenters. The molecule has 1 heterocycles. The molecule has 1 N–H and O–H groups in total. The summed E-state index contributed by atoms with van der Waals surface area (Å²) in [5, 5.41) is 8.27. The van der Waals surface area contributed by atoms with Gasteiger partial charge in [-0.2, -0.15) is 5.10 Å². The van der Waals surface area contributed by atoms with E-state index in [0.29, 0.717) is 41.8 Å². The molecule has 0 fully saturated rings. The predicted molar refractivity (Wildman–Crippen MR) is 112 cm³/mol. The first kappa shape index (κ1) is 22.0. The maximum absolute atomic E-state index is 12.3. The number of nitrogens with zero attached hydrogens (tertiary/aromatic N) is 3. The second-order valence-electron chi connectivity index (χ2n) is 6.47. The summed E-state index contributed by atoms with van der Waals surface area (Å²) in [5.41, 5.74) is 2.35. The highest BCUT2D eigenvalue weighted by Crippen LogP contribution is 2.24. The molecule has 28 heavy (non-hydrogen) atoms. The summed E-state index contributed by atoms with van der Waals surface area (Å²) in [6, 6.07) is 7.52. The molecular weight excluding hydrogens is 399 g/mol. The molecule has 0 unspecified atom stereocenters. The molecule has 8 heteroatoms. The van der Waals surface area contributed by atoms with Gasteiger partial charge in [0, 0.05) is 43.7 Å². The van der Waals surface area contributed by atoms with Crippen molar-refractivity contribution < 1.29 is 9.59 Å². The Morgan fingerprint density at radius 1 is 1.29 bits per heavy atom. The molecule has 6 nitrogen and oxygen atoms in total. The third-order valence-corrected chi connectivity index (χ3v) is 4.97. The normalized spacial score (nSPS) is 11.0. The molecule has 0 aliphatic heterocycles. The summed E-state index contributed by atoms with van der Waals surface area (Å²) >= 11 is 12.7. The van der Waals surface area contributed by atoms with Gasteiger partial charge in [-0.3, -0.25) is 9.59 Å². The minimum atomic E-state index is -0.142. The number of benzene rings is 1. The number of carbonyl (C=O) groups is 2. The van der Waals surface area contributed by atoms with Crippen LogP contribution >= 0.6 is 23.2 Å². The van der Waals surface area contributed by atoms with Crippen LogP contribution in [0.3, 0.4) is 0 Å². The lowest BCUT2D eigenvalue weighted by molar-refractivity contribution is -0.124. The van der Waals surface area contributed by atoms with Gasteiger partial charge in [0.2, 0.25) is 11.8 Å². The maximum Gasteiger partial charge on any atom is 0.246 e. The van der Waals surface area contributed by atoms with Crippen LogP contribution in [0.4, 0.5) is 0 Å². The van der Waals surface area contributed by atoms with Gasteiger partial charge in [0.25, 0.3) is 0 Å². The minimum absolute atomic E-state index is 0.0761. The lowest BCUT2D eigenvalue weighted by Crippen LogP contribution is -2.29. The fourth-order valence-electron chi connectivity index (χ4n) is 2.62.